The molecule has 256 valence electrons. The molecule has 1 aromatic heterocycles. The minimum absolute atomic E-state index is 0.0125. The van der Waals surface area contributed by atoms with Crippen LogP contribution in [0.15, 0.2) is 47.1 Å². The van der Waals surface area contributed by atoms with Crippen molar-refractivity contribution in [1.82, 2.24) is 20.9 Å². The first-order valence-corrected chi connectivity index (χ1v) is 17.3. The Labute approximate surface area is 297 Å². The molecular weight excluding hydrogens is 783 g/mol. The van der Waals surface area contributed by atoms with Gasteiger partial charge < -0.3 is 35.1 Å². The van der Waals surface area contributed by atoms with Gasteiger partial charge in [-0.1, -0.05) is 32.0 Å². The van der Waals surface area contributed by atoms with Crippen LogP contribution >= 0.6 is 38.5 Å². The number of fused-ring (bicyclic) bond motifs is 1. The molecule has 0 unspecified atom stereocenters. The van der Waals surface area contributed by atoms with Crippen LogP contribution in [0.2, 0.25) is 0 Å². The number of nitrogens with one attached hydrogen (secondary N) is 4. The fraction of sp³-hybridized carbons (Fsp3) is 0.471. The van der Waals surface area contributed by atoms with Crippen LogP contribution in [0.5, 0.6) is 5.75 Å². The fourth-order valence-corrected chi connectivity index (χ4v) is 6.26. The summed E-state index contributed by atoms with van der Waals surface area (Å²) in [6, 6.07) is 8.11. The average Bonchev–Trinajstić information content (AvgIpc) is 3.39. The zero-order valence-electron chi connectivity index (χ0n) is 27.8. The quantitative estimate of drug-likeness (QED) is 0.119. The maximum atomic E-state index is 13.8. The SMILES string of the molecule is CCOC(=O)[C@H](Cc1c[nH]c2c(Br)cccc12)NC(=O)[C@H](CC(C)C)NC(=O)[C@H](Cc1ccc(OC)c(I)c1)NC(=O)OC(C)(C)C. The van der Waals surface area contributed by atoms with Crippen LogP contribution in [-0.2, 0) is 36.7 Å². The Morgan fingerprint density at radius 2 is 1.64 bits per heavy atom. The second kappa shape index (κ2) is 17.2. The third kappa shape index (κ3) is 11.4. The maximum Gasteiger partial charge on any atom is 0.408 e. The van der Waals surface area contributed by atoms with Crippen LogP contribution in [0.4, 0.5) is 4.79 Å². The smallest absolute Gasteiger partial charge is 0.408 e. The van der Waals surface area contributed by atoms with Crippen molar-refractivity contribution in [2.75, 3.05) is 13.7 Å². The van der Waals surface area contributed by atoms with E-state index in [2.05, 4.69) is 59.5 Å². The van der Waals surface area contributed by atoms with Crippen molar-refractivity contribution in [3.8, 4) is 5.75 Å². The van der Waals surface area contributed by atoms with Gasteiger partial charge in [-0.05, 0) is 108 Å². The van der Waals surface area contributed by atoms with E-state index in [1.165, 1.54) is 0 Å². The number of hydrogen-bond donors (Lipinski definition) is 4. The molecule has 11 nitrogen and oxygen atoms in total. The van der Waals surface area contributed by atoms with Crippen LogP contribution in [0.1, 0.15) is 59.1 Å². The predicted octanol–water partition coefficient (Wildman–Crippen LogP) is 5.80. The highest BCUT2D eigenvalue weighted by Gasteiger charge is 2.32. The number of hydrogen-bond acceptors (Lipinski definition) is 7. The van der Waals surface area contributed by atoms with E-state index in [9.17, 15) is 19.2 Å². The zero-order chi connectivity index (χ0) is 34.9. The topological polar surface area (TPSA) is 148 Å². The highest BCUT2D eigenvalue weighted by atomic mass is 127. The summed E-state index contributed by atoms with van der Waals surface area (Å²) in [5.74, 6) is -1.00. The normalized spacial score (nSPS) is 13.4. The molecule has 0 aliphatic rings. The van der Waals surface area contributed by atoms with Crippen molar-refractivity contribution >= 4 is 73.3 Å². The molecule has 3 atom stereocenters. The molecular formula is C34H44BrIN4O7. The van der Waals surface area contributed by atoms with Crippen LogP contribution in [-0.4, -0.2) is 66.3 Å². The maximum absolute atomic E-state index is 13.8. The number of alkyl carbamates (subject to hydrolysis) is 1. The second-order valence-corrected chi connectivity index (χ2v) is 14.6. The minimum atomic E-state index is -1.07. The van der Waals surface area contributed by atoms with Crippen molar-refractivity contribution in [2.45, 2.75) is 84.5 Å². The molecule has 0 saturated heterocycles. The van der Waals surface area contributed by atoms with Crippen molar-refractivity contribution < 1.29 is 33.4 Å². The molecule has 3 aromatic rings. The number of H-pyrrole nitrogens is 1. The van der Waals surface area contributed by atoms with Gasteiger partial charge in [0.2, 0.25) is 11.8 Å². The number of carbonyl (C=O) groups excluding carboxylic acids is 4. The molecule has 13 heteroatoms. The number of amides is 3. The van der Waals surface area contributed by atoms with Gasteiger partial charge in [0.25, 0.3) is 0 Å². The number of aromatic amines is 1. The first kappa shape index (κ1) is 38.1. The Balaban J connectivity index is 1.86. The number of halogens is 2. The van der Waals surface area contributed by atoms with Crippen molar-refractivity contribution in [1.29, 1.82) is 0 Å². The summed E-state index contributed by atoms with van der Waals surface area (Å²) in [6.45, 7) is 10.9. The minimum Gasteiger partial charge on any atom is -0.496 e. The van der Waals surface area contributed by atoms with Crippen molar-refractivity contribution in [3.63, 3.8) is 0 Å². The third-order valence-corrected chi connectivity index (χ3v) is 8.57. The van der Waals surface area contributed by atoms with Gasteiger partial charge >= 0.3 is 12.1 Å². The monoisotopic (exact) mass is 826 g/mol. The van der Waals surface area contributed by atoms with Gasteiger partial charge in [-0.2, -0.15) is 0 Å². The number of aromatic nitrogens is 1. The van der Waals surface area contributed by atoms with Crippen molar-refractivity contribution in [3.05, 3.63) is 61.8 Å². The molecule has 0 aliphatic carbocycles. The van der Waals surface area contributed by atoms with E-state index in [0.717, 1.165) is 30.1 Å². The highest BCUT2D eigenvalue weighted by Crippen LogP contribution is 2.27. The lowest BCUT2D eigenvalue weighted by molar-refractivity contribution is -0.147. The van der Waals surface area contributed by atoms with Gasteiger partial charge in [0.1, 0.15) is 29.5 Å². The van der Waals surface area contributed by atoms with E-state index in [4.69, 9.17) is 14.2 Å². The molecule has 1 heterocycles. The molecule has 3 amide bonds. The van der Waals surface area contributed by atoms with Gasteiger partial charge in [0, 0.05) is 28.9 Å². The number of carbonyl (C=O) groups is 4. The molecule has 3 rings (SSSR count). The van der Waals surface area contributed by atoms with Gasteiger partial charge in [0.05, 0.1) is 22.8 Å². The number of benzene rings is 2. The van der Waals surface area contributed by atoms with E-state index in [1.54, 1.807) is 47.1 Å². The molecule has 4 N–H and O–H groups in total. The van der Waals surface area contributed by atoms with Crippen LogP contribution < -0.4 is 20.7 Å². The summed E-state index contributed by atoms with van der Waals surface area (Å²) in [5, 5.41) is 9.24. The Hall–Kier alpha value is -3.33. The molecule has 0 saturated carbocycles. The summed E-state index contributed by atoms with van der Waals surface area (Å²) < 4.78 is 17.8. The predicted molar refractivity (Wildman–Crippen MR) is 192 cm³/mol. The summed E-state index contributed by atoms with van der Waals surface area (Å²) >= 11 is 5.67. The van der Waals surface area contributed by atoms with Gasteiger partial charge in [0.15, 0.2) is 0 Å². The number of esters is 1. The lowest BCUT2D eigenvalue weighted by Gasteiger charge is -2.27. The first-order valence-electron chi connectivity index (χ1n) is 15.5. The van der Waals surface area contributed by atoms with Crippen LogP contribution in [0.25, 0.3) is 10.9 Å². The zero-order valence-corrected chi connectivity index (χ0v) is 31.5. The molecule has 0 radical (unpaired) electrons. The summed E-state index contributed by atoms with van der Waals surface area (Å²) in [5.41, 5.74) is 1.67. The highest BCUT2D eigenvalue weighted by molar-refractivity contribution is 14.1. The molecule has 0 aliphatic heterocycles. The van der Waals surface area contributed by atoms with Gasteiger partial charge in [-0.15, -0.1) is 0 Å². The molecule has 47 heavy (non-hydrogen) atoms. The van der Waals surface area contributed by atoms with Crippen LogP contribution in [0, 0.1) is 9.49 Å². The molecule has 0 bridgehead atoms. The van der Waals surface area contributed by atoms with E-state index >= 15 is 0 Å². The largest absolute Gasteiger partial charge is 0.496 e. The van der Waals surface area contributed by atoms with E-state index < -0.39 is 47.6 Å². The van der Waals surface area contributed by atoms with Crippen molar-refractivity contribution in [2.24, 2.45) is 5.92 Å². The van der Waals surface area contributed by atoms with E-state index in [-0.39, 0.29) is 31.8 Å². The number of rotatable bonds is 14. The lowest BCUT2D eigenvalue weighted by Crippen LogP contribution is -2.57. The Kier molecular flexibility index (Phi) is 13.9. The molecule has 0 spiro atoms. The Morgan fingerprint density at radius 1 is 0.957 bits per heavy atom. The third-order valence-electron chi connectivity index (χ3n) is 7.07. The first-order chi connectivity index (χ1) is 22.1. The molecule has 0 fully saturated rings. The van der Waals surface area contributed by atoms with E-state index in [1.807, 2.05) is 44.2 Å². The average molecular weight is 828 g/mol. The summed E-state index contributed by atoms with van der Waals surface area (Å²) in [6.07, 6.45) is 1.62. The van der Waals surface area contributed by atoms with Crippen LogP contribution in [0.3, 0.4) is 0 Å². The second-order valence-electron chi connectivity index (χ2n) is 12.6. The number of ether oxygens (including phenoxy) is 3. The lowest BCUT2D eigenvalue weighted by atomic mass is 10.00. The summed E-state index contributed by atoms with van der Waals surface area (Å²) in [4.78, 5) is 56.7. The Morgan fingerprint density at radius 3 is 2.26 bits per heavy atom. The van der Waals surface area contributed by atoms with Gasteiger partial charge in [-0.3, -0.25) is 9.59 Å². The standard InChI is InChI=1S/C34H44BrIN4O7/c1-8-46-32(43)27(17-21-18-37-29-22(21)10-9-11-23(29)35)39-30(41)25(14-19(2)3)38-31(42)26(40-33(44)47-34(4,5)6)16-20-12-13-28(45-7)24(36)15-20/h9-13,15,18-19,25-27,37H,8,14,16-17H2,1-7H3,(H,38,42)(H,39,41)(H,40,44)/t25-,26-,27-/m0/s1. The number of para-hydroxylation sites is 1. The summed E-state index contributed by atoms with van der Waals surface area (Å²) in [7, 11) is 1.57. The van der Waals surface area contributed by atoms with Gasteiger partial charge in [-0.25, -0.2) is 9.59 Å². The van der Waals surface area contributed by atoms with E-state index in [0.29, 0.717) is 5.75 Å². The Bertz CT molecular complexity index is 1570. The number of methoxy groups -OCH3 is 1. The molecule has 2 aromatic carbocycles. The fourth-order valence-electron chi connectivity index (χ4n) is 4.98.